The molecule has 0 fully saturated rings. The van der Waals surface area contributed by atoms with Crippen molar-refractivity contribution in [1.82, 2.24) is 9.21 Å². The van der Waals surface area contributed by atoms with E-state index in [1.807, 2.05) is 0 Å². The van der Waals surface area contributed by atoms with Gasteiger partial charge in [-0.15, -0.1) is 0 Å². The second kappa shape index (κ2) is 5.97. The molecular formula is C11H15N3O5S. The van der Waals surface area contributed by atoms with E-state index < -0.39 is 14.9 Å². The molecule has 0 aliphatic rings. The number of nitro benzene ring substituents is 1. The van der Waals surface area contributed by atoms with Crippen LogP contribution in [-0.4, -0.2) is 56.1 Å². The molecule has 8 nitrogen and oxygen atoms in total. The molecule has 1 rings (SSSR count). The highest BCUT2D eigenvalue weighted by Gasteiger charge is 2.25. The van der Waals surface area contributed by atoms with Gasteiger partial charge in [-0.1, -0.05) is 6.07 Å². The lowest BCUT2D eigenvalue weighted by atomic mass is 10.3. The molecule has 0 bridgehead atoms. The third-order valence-corrected chi connectivity index (χ3v) is 4.39. The van der Waals surface area contributed by atoms with Crippen LogP contribution in [0.2, 0.25) is 0 Å². The zero-order valence-corrected chi connectivity index (χ0v) is 12.1. The van der Waals surface area contributed by atoms with Gasteiger partial charge in [0, 0.05) is 33.3 Å². The smallest absolute Gasteiger partial charge is 0.270 e. The molecule has 0 heterocycles. The van der Waals surface area contributed by atoms with E-state index in [0.29, 0.717) is 0 Å². The van der Waals surface area contributed by atoms with Gasteiger partial charge in [0.1, 0.15) is 0 Å². The van der Waals surface area contributed by atoms with E-state index in [0.717, 1.165) is 10.4 Å². The number of hydrogen-bond donors (Lipinski definition) is 0. The zero-order chi connectivity index (χ0) is 15.5. The maximum atomic E-state index is 12.2. The van der Waals surface area contributed by atoms with E-state index in [-0.39, 0.29) is 23.0 Å². The Kier molecular flexibility index (Phi) is 4.79. The van der Waals surface area contributed by atoms with E-state index in [1.54, 1.807) is 0 Å². The van der Waals surface area contributed by atoms with Crippen molar-refractivity contribution < 1.29 is 18.1 Å². The molecule has 1 aromatic rings. The van der Waals surface area contributed by atoms with E-state index in [9.17, 15) is 23.3 Å². The summed E-state index contributed by atoms with van der Waals surface area (Å²) in [7, 11) is 0.324. The number of sulfonamides is 1. The van der Waals surface area contributed by atoms with Gasteiger partial charge in [0.15, 0.2) is 0 Å². The van der Waals surface area contributed by atoms with Gasteiger partial charge < -0.3 is 4.90 Å². The number of rotatable bonds is 5. The van der Waals surface area contributed by atoms with Gasteiger partial charge in [0.2, 0.25) is 15.9 Å². The number of likely N-dealkylation sites (N-methyl/N-ethyl adjacent to an activating group) is 2. The van der Waals surface area contributed by atoms with Crippen LogP contribution in [0, 0.1) is 10.1 Å². The lowest BCUT2D eigenvalue weighted by Gasteiger charge is -2.18. The molecule has 0 saturated heterocycles. The maximum Gasteiger partial charge on any atom is 0.270 e. The largest absolute Gasteiger partial charge is 0.348 e. The summed E-state index contributed by atoms with van der Waals surface area (Å²) in [5, 5.41) is 10.7. The average Bonchev–Trinajstić information content (AvgIpc) is 2.38. The van der Waals surface area contributed by atoms with Crippen LogP contribution in [0.3, 0.4) is 0 Å². The average molecular weight is 301 g/mol. The first kappa shape index (κ1) is 16.1. The Balaban J connectivity index is 3.07. The summed E-state index contributed by atoms with van der Waals surface area (Å²) in [5.74, 6) is -0.387. The maximum absolute atomic E-state index is 12.2. The van der Waals surface area contributed by atoms with Crippen molar-refractivity contribution in [1.29, 1.82) is 0 Å². The van der Waals surface area contributed by atoms with Gasteiger partial charge in [-0.2, -0.15) is 4.31 Å². The standard InChI is InChI=1S/C11H15N3O5S/c1-12(2)11(15)8-13(3)20(18,19)10-6-4-5-9(7-10)14(16)17/h4-7H,8H2,1-3H3. The van der Waals surface area contributed by atoms with E-state index >= 15 is 0 Å². The minimum absolute atomic E-state index is 0.222. The fraction of sp³-hybridized carbons (Fsp3) is 0.364. The van der Waals surface area contributed by atoms with Crippen molar-refractivity contribution in [2.24, 2.45) is 0 Å². The zero-order valence-electron chi connectivity index (χ0n) is 11.3. The van der Waals surface area contributed by atoms with Gasteiger partial charge in [-0.25, -0.2) is 8.42 Å². The first-order valence-corrected chi connectivity index (χ1v) is 7.01. The monoisotopic (exact) mass is 301 g/mol. The second-order valence-corrected chi connectivity index (χ2v) is 6.35. The van der Waals surface area contributed by atoms with Crippen LogP contribution in [0.4, 0.5) is 5.69 Å². The molecule has 0 spiro atoms. The topological polar surface area (TPSA) is 101 Å². The van der Waals surface area contributed by atoms with E-state index in [4.69, 9.17) is 0 Å². The molecular weight excluding hydrogens is 286 g/mol. The molecule has 110 valence electrons. The highest BCUT2D eigenvalue weighted by molar-refractivity contribution is 7.89. The third kappa shape index (κ3) is 3.52. The number of nitro groups is 1. The van der Waals surface area contributed by atoms with Gasteiger partial charge in [-0.05, 0) is 6.07 Å². The van der Waals surface area contributed by atoms with Crippen molar-refractivity contribution >= 4 is 21.6 Å². The first-order valence-electron chi connectivity index (χ1n) is 5.57. The number of nitrogens with zero attached hydrogens (tertiary/aromatic N) is 3. The predicted molar refractivity (Wildman–Crippen MR) is 71.6 cm³/mol. The summed E-state index contributed by atoms with van der Waals surface area (Å²) < 4.78 is 25.3. The van der Waals surface area contributed by atoms with E-state index in [2.05, 4.69) is 0 Å². The number of carbonyl (C=O) groups is 1. The number of hydrogen-bond acceptors (Lipinski definition) is 5. The first-order chi connectivity index (χ1) is 9.16. The van der Waals surface area contributed by atoms with Crippen LogP contribution in [0.15, 0.2) is 29.2 Å². The SMILES string of the molecule is CN(C)C(=O)CN(C)S(=O)(=O)c1cccc([N+](=O)[O-])c1. The summed E-state index contributed by atoms with van der Waals surface area (Å²) in [6.45, 7) is -0.335. The molecule has 1 aromatic carbocycles. The Morgan fingerprint density at radius 3 is 2.40 bits per heavy atom. The Bertz CT molecular complexity index is 627. The van der Waals surface area contributed by atoms with Gasteiger partial charge in [0.05, 0.1) is 16.4 Å². The molecule has 0 aliphatic heterocycles. The molecule has 0 saturated carbocycles. The molecule has 20 heavy (non-hydrogen) atoms. The van der Waals surface area contributed by atoms with E-state index in [1.165, 1.54) is 44.2 Å². The Morgan fingerprint density at radius 2 is 1.90 bits per heavy atom. The highest BCUT2D eigenvalue weighted by atomic mass is 32.2. The lowest BCUT2D eigenvalue weighted by Crippen LogP contribution is -2.37. The van der Waals surface area contributed by atoms with Crippen molar-refractivity contribution in [2.45, 2.75) is 4.90 Å². The molecule has 0 aliphatic carbocycles. The van der Waals surface area contributed by atoms with Crippen LogP contribution in [0.5, 0.6) is 0 Å². The van der Waals surface area contributed by atoms with Crippen LogP contribution in [0.1, 0.15) is 0 Å². The van der Waals surface area contributed by atoms with Crippen molar-refractivity contribution in [3.8, 4) is 0 Å². The third-order valence-electron chi connectivity index (χ3n) is 2.59. The van der Waals surface area contributed by atoms with Gasteiger partial charge >= 0.3 is 0 Å². The summed E-state index contributed by atoms with van der Waals surface area (Å²) in [6, 6.07) is 4.70. The predicted octanol–water partition coefficient (Wildman–Crippen LogP) is 0.304. The molecule has 1 amide bonds. The van der Waals surface area contributed by atoms with Crippen LogP contribution in [0.25, 0.3) is 0 Å². The summed E-state index contributed by atoms with van der Waals surface area (Å²) in [4.78, 5) is 22.5. The summed E-state index contributed by atoms with van der Waals surface area (Å²) in [5.41, 5.74) is -0.321. The molecule has 9 heteroatoms. The fourth-order valence-electron chi connectivity index (χ4n) is 1.35. The number of amides is 1. The highest BCUT2D eigenvalue weighted by Crippen LogP contribution is 2.20. The van der Waals surface area contributed by atoms with Crippen LogP contribution in [-0.2, 0) is 14.8 Å². The van der Waals surface area contributed by atoms with Crippen molar-refractivity contribution in [2.75, 3.05) is 27.7 Å². The Morgan fingerprint density at radius 1 is 1.30 bits per heavy atom. The van der Waals surface area contributed by atoms with Gasteiger partial charge in [0.25, 0.3) is 5.69 Å². The summed E-state index contributed by atoms with van der Waals surface area (Å²) >= 11 is 0. The quantitative estimate of drug-likeness (QED) is 0.575. The number of carbonyl (C=O) groups excluding carboxylic acids is 1. The van der Waals surface area contributed by atoms with Crippen molar-refractivity contribution in [3.05, 3.63) is 34.4 Å². The number of non-ortho nitro benzene ring substituents is 1. The van der Waals surface area contributed by atoms with Crippen molar-refractivity contribution in [3.63, 3.8) is 0 Å². The van der Waals surface area contributed by atoms with Crippen LogP contribution >= 0.6 is 0 Å². The minimum atomic E-state index is -3.94. The molecule has 0 unspecified atom stereocenters. The number of benzene rings is 1. The fourth-order valence-corrected chi connectivity index (χ4v) is 2.51. The Labute approximate surface area is 116 Å². The van der Waals surface area contributed by atoms with Gasteiger partial charge in [-0.3, -0.25) is 14.9 Å². The lowest BCUT2D eigenvalue weighted by molar-refractivity contribution is -0.385. The molecule has 0 radical (unpaired) electrons. The molecule has 0 atom stereocenters. The normalized spacial score (nSPS) is 11.4. The summed E-state index contributed by atoms with van der Waals surface area (Å²) in [6.07, 6.45) is 0. The second-order valence-electron chi connectivity index (χ2n) is 4.30. The van der Waals surface area contributed by atoms with Crippen LogP contribution < -0.4 is 0 Å². The minimum Gasteiger partial charge on any atom is -0.348 e. The Hall–Kier alpha value is -2.00. The molecule has 0 aromatic heterocycles. The molecule has 0 N–H and O–H groups in total.